The summed E-state index contributed by atoms with van der Waals surface area (Å²) in [6.45, 7) is -0.189. The van der Waals surface area contributed by atoms with Crippen molar-refractivity contribution in [3.8, 4) is 17.6 Å². The first-order chi connectivity index (χ1) is 17.0. The molecule has 1 fully saturated rings. The molecule has 2 N–H and O–H groups in total. The Kier molecular flexibility index (Phi) is 6.96. The summed E-state index contributed by atoms with van der Waals surface area (Å²) in [6.07, 6.45) is -4.16. The standard InChI is InChI=1S/C23H16ClF4N5O3/c24-14-4-12(9-29)5-17(7-14)36-19-20(23(26,27)28)30-11-33(22(19)35)10-16-8-18(21(34)32-31-16)13-2-1-3-15(25)6-13/h1-7,11,16,18,31H,8,10H2,(H,32,34). The second-order valence-electron chi connectivity index (χ2n) is 7.94. The van der Waals surface area contributed by atoms with Crippen molar-refractivity contribution >= 4 is 17.5 Å². The van der Waals surface area contributed by atoms with Gasteiger partial charge in [0.2, 0.25) is 11.7 Å². The van der Waals surface area contributed by atoms with Crippen LogP contribution in [0, 0.1) is 17.1 Å². The molecule has 3 aromatic rings. The number of aromatic nitrogens is 2. The number of alkyl halides is 3. The molecule has 0 aliphatic carbocycles. The van der Waals surface area contributed by atoms with Crippen LogP contribution in [-0.4, -0.2) is 21.5 Å². The molecular weight excluding hydrogens is 506 g/mol. The Hall–Kier alpha value is -3.95. The van der Waals surface area contributed by atoms with Gasteiger partial charge in [0.1, 0.15) is 11.6 Å². The van der Waals surface area contributed by atoms with E-state index < -0.39 is 46.9 Å². The summed E-state index contributed by atoms with van der Waals surface area (Å²) < 4.78 is 60.6. The maximum atomic E-state index is 13.6. The van der Waals surface area contributed by atoms with E-state index in [2.05, 4.69) is 15.8 Å². The molecule has 2 atom stereocenters. The number of carbonyl (C=O) groups excluding carboxylic acids is 1. The van der Waals surface area contributed by atoms with Crippen molar-refractivity contribution in [1.82, 2.24) is 20.4 Å². The molecule has 0 saturated carbocycles. The Morgan fingerprint density at radius 3 is 2.69 bits per heavy atom. The van der Waals surface area contributed by atoms with Crippen LogP contribution in [0.4, 0.5) is 17.6 Å². The third-order valence-electron chi connectivity index (χ3n) is 5.39. The molecule has 2 unspecified atom stereocenters. The fourth-order valence-corrected chi connectivity index (χ4v) is 4.00. The molecule has 1 aromatic heterocycles. The number of hydrogen-bond donors (Lipinski definition) is 2. The zero-order valence-electron chi connectivity index (χ0n) is 18.1. The molecule has 4 rings (SSSR count). The minimum absolute atomic E-state index is 0.0146. The van der Waals surface area contributed by atoms with Crippen LogP contribution >= 0.6 is 11.6 Å². The third-order valence-corrected chi connectivity index (χ3v) is 5.61. The lowest BCUT2D eigenvalue weighted by molar-refractivity contribution is -0.142. The predicted molar refractivity (Wildman–Crippen MR) is 119 cm³/mol. The molecule has 0 bridgehead atoms. The summed E-state index contributed by atoms with van der Waals surface area (Å²) in [5, 5.41) is 9.10. The zero-order chi connectivity index (χ0) is 26.0. The van der Waals surface area contributed by atoms with Crippen molar-refractivity contribution in [2.45, 2.75) is 31.1 Å². The van der Waals surface area contributed by atoms with Gasteiger partial charge in [0.25, 0.3) is 5.56 Å². The fraction of sp³-hybridized carbons (Fsp3) is 0.217. The minimum Gasteiger partial charge on any atom is -0.449 e. The molecule has 0 radical (unpaired) electrons. The van der Waals surface area contributed by atoms with E-state index in [4.69, 9.17) is 21.6 Å². The molecular formula is C23H16ClF4N5O3. The largest absolute Gasteiger partial charge is 0.449 e. The summed E-state index contributed by atoms with van der Waals surface area (Å²) in [7, 11) is 0. The van der Waals surface area contributed by atoms with Crippen LogP contribution < -0.4 is 21.1 Å². The number of carbonyl (C=O) groups is 1. The maximum absolute atomic E-state index is 13.6. The van der Waals surface area contributed by atoms with Gasteiger partial charge in [-0.3, -0.25) is 19.6 Å². The number of hydrazine groups is 1. The van der Waals surface area contributed by atoms with Gasteiger partial charge in [-0.05, 0) is 42.3 Å². The van der Waals surface area contributed by atoms with E-state index in [1.165, 1.54) is 24.3 Å². The third kappa shape index (κ3) is 5.48. The number of ether oxygens (including phenoxy) is 1. The first-order valence-corrected chi connectivity index (χ1v) is 10.8. The second-order valence-corrected chi connectivity index (χ2v) is 8.38. The average Bonchev–Trinajstić information content (AvgIpc) is 2.81. The topological polar surface area (TPSA) is 109 Å². The number of nitrogens with one attached hydrogen (secondary N) is 2. The van der Waals surface area contributed by atoms with Crippen molar-refractivity contribution in [3.63, 3.8) is 0 Å². The molecule has 0 spiro atoms. The number of nitrogens with zero attached hydrogens (tertiary/aromatic N) is 3. The van der Waals surface area contributed by atoms with Gasteiger partial charge in [-0.15, -0.1) is 0 Å². The monoisotopic (exact) mass is 521 g/mol. The quantitative estimate of drug-likeness (QED) is 0.493. The first kappa shape index (κ1) is 25.2. The fourth-order valence-electron chi connectivity index (χ4n) is 3.78. The number of hydrogen-bond acceptors (Lipinski definition) is 6. The Morgan fingerprint density at radius 1 is 1.22 bits per heavy atom. The zero-order valence-corrected chi connectivity index (χ0v) is 18.9. The van der Waals surface area contributed by atoms with Gasteiger partial charge in [0.05, 0.1) is 23.9 Å². The van der Waals surface area contributed by atoms with Crippen molar-refractivity contribution in [2.75, 3.05) is 0 Å². The van der Waals surface area contributed by atoms with Gasteiger partial charge in [-0.25, -0.2) is 14.8 Å². The molecule has 36 heavy (non-hydrogen) atoms. The van der Waals surface area contributed by atoms with Crippen LogP contribution in [0.2, 0.25) is 5.02 Å². The molecule has 1 aliphatic heterocycles. The lowest BCUT2D eigenvalue weighted by atomic mass is 9.90. The summed E-state index contributed by atoms with van der Waals surface area (Å²) in [5.41, 5.74) is 2.88. The maximum Gasteiger partial charge on any atom is 0.437 e. The lowest BCUT2D eigenvalue weighted by Gasteiger charge is -2.30. The number of benzene rings is 2. The van der Waals surface area contributed by atoms with Crippen LogP contribution in [0.1, 0.15) is 29.2 Å². The Bertz CT molecular complexity index is 1420. The van der Waals surface area contributed by atoms with Crippen LogP contribution in [0.15, 0.2) is 53.6 Å². The highest BCUT2D eigenvalue weighted by molar-refractivity contribution is 6.30. The highest BCUT2D eigenvalue weighted by atomic mass is 35.5. The van der Waals surface area contributed by atoms with Gasteiger partial charge >= 0.3 is 6.18 Å². The average molecular weight is 522 g/mol. The normalized spacial score (nSPS) is 17.8. The van der Waals surface area contributed by atoms with Crippen LogP contribution in [-0.2, 0) is 17.5 Å². The van der Waals surface area contributed by atoms with Gasteiger partial charge in [0.15, 0.2) is 5.69 Å². The van der Waals surface area contributed by atoms with Gasteiger partial charge < -0.3 is 4.74 Å². The Balaban J connectivity index is 1.65. The molecule has 13 heteroatoms. The molecule has 1 saturated heterocycles. The first-order valence-electron chi connectivity index (χ1n) is 10.4. The highest BCUT2D eigenvalue weighted by Gasteiger charge is 2.39. The number of nitriles is 1. The second kappa shape index (κ2) is 9.96. The van der Waals surface area contributed by atoms with Crippen LogP contribution in [0.3, 0.4) is 0 Å². The number of amides is 1. The van der Waals surface area contributed by atoms with Gasteiger partial charge in [0, 0.05) is 17.6 Å². The van der Waals surface area contributed by atoms with Crippen LogP contribution in [0.25, 0.3) is 0 Å². The highest BCUT2D eigenvalue weighted by Crippen LogP contribution is 2.35. The molecule has 8 nitrogen and oxygen atoms in total. The van der Waals surface area contributed by atoms with Crippen molar-refractivity contribution in [3.05, 3.63) is 86.8 Å². The molecule has 1 aliphatic rings. The molecule has 2 heterocycles. The summed E-state index contributed by atoms with van der Waals surface area (Å²) in [6, 6.07) is 10.2. The molecule has 2 aromatic carbocycles. The van der Waals surface area contributed by atoms with E-state index in [1.54, 1.807) is 12.1 Å². The summed E-state index contributed by atoms with van der Waals surface area (Å²) in [5.74, 6) is -3.06. The SMILES string of the molecule is N#Cc1cc(Cl)cc(Oc2c(C(F)(F)F)ncn(CC3CC(c4cccc(F)c4)C(=O)NN3)c2=O)c1. The lowest BCUT2D eigenvalue weighted by Crippen LogP contribution is -2.54. The van der Waals surface area contributed by atoms with Crippen molar-refractivity contribution in [1.29, 1.82) is 5.26 Å². The van der Waals surface area contributed by atoms with Crippen LogP contribution in [0.5, 0.6) is 11.5 Å². The van der Waals surface area contributed by atoms with E-state index in [9.17, 15) is 27.2 Å². The Morgan fingerprint density at radius 2 is 2.00 bits per heavy atom. The van der Waals surface area contributed by atoms with Crippen molar-refractivity contribution < 1.29 is 27.1 Å². The number of rotatable bonds is 5. The van der Waals surface area contributed by atoms with E-state index in [-0.39, 0.29) is 29.3 Å². The predicted octanol–water partition coefficient (Wildman–Crippen LogP) is 3.90. The molecule has 186 valence electrons. The molecule has 1 amide bonds. The van der Waals surface area contributed by atoms with E-state index in [0.29, 0.717) is 5.56 Å². The summed E-state index contributed by atoms with van der Waals surface area (Å²) in [4.78, 5) is 28.7. The van der Waals surface area contributed by atoms with Gasteiger partial charge in [-0.1, -0.05) is 23.7 Å². The number of halogens is 5. The van der Waals surface area contributed by atoms with E-state index >= 15 is 0 Å². The van der Waals surface area contributed by atoms with E-state index in [0.717, 1.165) is 23.0 Å². The Labute approximate surface area is 206 Å². The summed E-state index contributed by atoms with van der Waals surface area (Å²) >= 11 is 5.89. The minimum atomic E-state index is -5.01. The smallest absolute Gasteiger partial charge is 0.437 e. The van der Waals surface area contributed by atoms with Gasteiger partial charge in [-0.2, -0.15) is 18.4 Å². The van der Waals surface area contributed by atoms with Crippen molar-refractivity contribution in [2.24, 2.45) is 0 Å². The van der Waals surface area contributed by atoms with E-state index in [1.807, 2.05) is 0 Å².